The average molecular weight is 228 g/mol. The maximum Gasteiger partial charge on any atom is 0.227 e. The van der Waals surface area contributed by atoms with E-state index in [1.807, 2.05) is 18.2 Å². The van der Waals surface area contributed by atoms with Gasteiger partial charge >= 0.3 is 0 Å². The van der Waals surface area contributed by atoms with Gasteiger partial charge in [-0.1, -0.05) is 30.3 Å². The van der Waals surface area contributed by atoms with Gasteiger partial charge in [-0.25, -0.2) is 4.98 Å². The summed E-state index contributed by atoms with van der Waals surface area (Å²) in [7, 11) is 1.47. The number of aromatic nitrogens is 2. The Bertz CT molecular complexity index is 516. The summed E-state index contributed by atoms with van der Waals surface area (Å²) in [5.74, 6) is 0.682. The van der Waals surface area contributed by atoms with Crippen LogP contribution in [0.5, 0.6) is 0 Å². The predicted octanol–water partition coefficient (Wildman–Crippen LogP) is 2.28. The number of nitrogens with one attached hydrogen (secondary N) is 1. The Morgan fingerprint density at radius 2 is 2.12 bits per heavy atom. The molecule has 0 bridgehead atoms. The lowest BCUT2D eigenvalue weighted by molar-refractivity contribution is 0.0957. The zero-order chi connectivity index (χ0) is 12.1. The molecule has 4 heteroatoms. The third kappa shape index (κ3) is 2.60. The van der Waals surface area contributed by atoms with Gasteiger partial charge in [0.1, 0.15) is 5.82 Å². The normalized spacial score (nSPS) is 11.2. The van der Waals surface area contributed by atoms with E-state index in [9.17, 15) is 4.79 Å². The number of allylic oxidation sites excluding steroid dienone is 1. The number of benzene rings is 1. The number of nitrogens with zero attached hydrogens (tertiary/aromatic N) is 1. The summed E-state index contributed by atoms with van der Waals surface area (Å²) in [5, 5.41) is 0. The Balaban J connectivity index is 2.28. The molecule has 0 unspecified atom stereocenters. The monoisotopic (exact) mass is 228 g/mol. The van der Waals surface area contributed by atoms with E-state index < -0.39 is 0 Å². The largest absolute Gasteiger partial charge is 0.492 e. The third-order valence-corrected chi connectivity index (χ3v) is 2.27. The quantitative estimate of drug-likeness (QED) is 0.496. The Morgan fingerprint density at radius 1 is 1.35 bits per heavy atom. The fourth-order valence-corrected chi connectivity index (χ4v) is 1.43. The van der Waals surface area contributed by atoms with Crippen molar-refractivity contribution in [1.82, 2.24) is 9.97 Å². The molecule has 0 saturated heterocycles. The molecule has 1 N–H and O–H groups in total. The first-order valence-electron chi connectivity index (χ1n) is 5.16. The van der Waals surface area contributed by atoms with E-state index in [-0.39, 0.29) is 11.5 Å². The van der Waals surface area contributed by atoms with E-state index in [2.05, 4.69) is 9.97 Å². The van der Waals surface area contributed by atoms with E-state index >= 15 is 0 Å². The highest BCUT2D eigenvalue weighted by atomic mass is 16.5. The van der Waals surface area contributed by atoms with Gasteiger partial charge in [0.15, 0.2) is 5.76 Å². The van der Waals surface area contributed by atoms with Crippen LogP contribution in [0, 0.1) is 0 Å². The second-order valence-corrected chi connectivity index (χ2v) is 3.38. The highest BCUT2D eigenvalue weighted by molar-refractivity contribution is 6.09. The van der Waals surface area contributed by atoms with Gasteiger partial charge < -0.3 is 9.72 Å². The molecule has 0 spiro atoms. The van der Waals surface area contributed by atoms with Gasteiger partial charge in [0, 0.05) is 24.0 Å². The van der Waals surface area contributed by atoms with Gasteiger partial charge in [0.25, 0.3) is 0 Å². The smallest absolute Gasteiger partial charge is 0.227 e. The zero-order valence-electron chi connectivity index (χ0n) is 9.38. The average Bonchev–Trinajstić information content (AvgIpc) is 2.89. The minimum Gasteiger partial charge on any atom is -0.492 e. The summed E-state index contributed by atoms with van der Waals surface area (Å²) < 4.78 is 5.09. The topological polar surface area (TPSA) is 55.0 Å². The zero-order valence-corrected chi connectivity index (χ0v) is 9.38. The molecule has 1 heterocycles. The summed E-state index contributed by atoms with van der Waals surface area (Å²) >= 11 is 0. The summed E-state index contributed by atoms with van der Waals surface area (Å²) in [6, 6.07) is 8.98. The number of hydrogen-bond donors (Lipinski definition) is 1. The first-order chi connectivity index (χ1) is 8.31. The maximum absolute atomic E-state index is 12.1. The molecule has 0 atom stereocenters. The number of rotatable bonds is 4. The number of methoxy groups -OCH3 is 1. The number of ketones is 1. The standard InChI is InChI=1S/C13H12N2O2/c1-17-11(9-12-14-7-8-15-12)13(16)10-5-3-2-4-6-10/h2-9H,1H3,(H,14,15). The van der Waals surface area contributed by atoms with Crippen molar-refractivity contribution in [2.24, 2.45) is 0 Å². The minimum atomic E-state index is -0.162. The van der Waals surface area contributed by atoms with E-state index in [1.54, 1.807) is 30.6 Å². The van der Waals surface area contributed by atoms with Crippen molar-refractivity contribution in [3.05, 3.63) is 59.9 Å². The number of aromatic amines is 1. The van der Waals surface area contributed by atoms with Crippen LogP contribution in [0.4, 0.5) is 0 Å². The SMILES string of the molecule is COC(=Cc1ncc[nH]1)C(=O)c1ccccc1. The Hall–Kier alpha value is -2.36. The first kappa shape index (κ1) is 11.1. The van der Waals surface area contributed by atoms with Crippen LogP contribution < -0.4 is 0 Å². The highest BCUT2D eigenvalue weighted by Gasteiger charge is 2.12. The lowest BCUT2D eigenvalue weighted by Gasteiger charge is -2.04. The van der Waals surface area contributed by atoms with E-state index in [0.717, 1.165) is 0 Å². The van der Waals surface area contributed by atoms with Gasteiger partial charge in [-0.3, -0.25) is 4.79 Å². The molecule has 0 aliphatic heterocycles. The minimum absolute atomic E-state index is 0.162. The number of Topliss-reactive ketones (excluding diaryl/α,β-unsaturated/α-hetero) is 1. The molecule has 0 amide bonds. The molecule has 1 aromatic heterocycles. The van der Waals surface area contributed by atoms with Crippen molar-refractivity contribution in [2.45, 2.75) is 0 Å². The van der Waals surface area contributed by atoms with Gasteiger partial charge in [0.05, 0.1) is 7.11 Å². The molecule has 0 radical (unpaired) electrons. The van der Waals surface area contributed by atoms with Crippen LogP contribution in [-0.4, -0.2) is 22.9 Å². The van der Waals surface area contributed by atoms with Crippen LogP contribution in [0.2, 0.25) is 0 Å². The van der Waals surface area contributed by atoms with Crippen LogP contribution in [0.1, 0.15) is 16.2 Å². The first-order valence-corrected chi connectivity index (χ1v) is 5.16. The Morgan fingerprint density at radius 3 is 2.71 bits per heavy atom. The van der Waals surface area contributed by atoms with Crippen molar-refractivity contribution < 1.29 is 9.53 Å². The van der Waals surface area contributed by atoms with Crippen LogP contribution in [-0.2, 0) is 4.74 Å². The maximum atomic E-state index is 12.1. The lowest BCUT2D eigenvalue weighted by atomic mass is 10.1. The fraction of sp³-hybridized carbons (Fsp3) is 0.0769. The molecule has 1 aromatic carbocycles. The number of carbonyl (C=O) groups is 1. The van der Waals surface area contributed by atoms with Crippen molar-refractivity contribution >= 4 is 11.9 Å². The fourth-order valence-electron chi connectivity index (χ4n) is 1.43. The second kappa shape index (κ2) is 5.12. The summed E-state index contributed by atoms with van der Waals surface area (Å²) in [6.45, 7) is 0. The van der Waals surface area contributed by atoms with Crippen molar-refractivity contribution in [3.63, 3.8) is 0 Å². The van der Waals surface area contributed by atoms with Gasteiger partial charge in [-0.2, -0.15) is 0 Å². The van der Waals surface area contributed by atoms with E-state index in [4.69, 9.17) is 4.74 Å². The van der Waals surface area contributed by atoms with Gasteiger partial charge in [0.2, 0.25) is 5.78 Å². The highest BCUT2D eigenvalue weighted by Crippen LogP contribution is 2.11. The summed E-state index contributed by atoms with van der Waals surface area (Å²) in [6.07, 6.45) is 4.88. The van der Waals surface area contributed by atoms with Crippen LogP contribution in [0.15, 0.2) is 48.5 Å². The van der Waals surface area contributed by atoms with Crippen molar-refractivity contribution in [3.8, 4) is 0 Å². The molecule has 4 nitrogen and oxygen atoms in total. The van der Waals surface area contributed by atoms with Crippen LogP contribution in [0.25, 0.3) is 6.08 Å². The Kier molecular flexibility index (Phi) is 3.35. The van der Waals surface area contributed by atoms with Crippen LogP contribution >= 0.6 is 0 Å². The lowest BCUT2D eigenvalue weighted by Crippen LogP contribution is -2.05. The number of H-pyrrole nitrogens is 1. The number of hydrogen-bond acceptors (Lipinski definition) is 3. The number of ether oxygens (including phenoxy) is 1. The van der Waals surface area contributed by atoms with E-state index in [0.29, 0.717) is 11.4 Å². The molecule has 86 valence electrons. The molecule has 2 rings (SSSR count). The molecule has 0 aliphatic carbocycles. The van der Waals surface area contributed by atoms with Crippen molar-refractivity contribution in [2.75, 3.05) is 7.11 Å². The third-order valence-electron chi connectivity index (χ3n) is 2.27. The van der Waals surface area contributed by atoms with Crippen LogP contribution in [0.3, 0.4) is 0 Å². The molecular formula is C13H12N2O2. The summed E-state index contributed by atoms with van der Waals surface area (Å²) in [5.41, 5.74) is 0.590. The molecule has 0 fully saturated rings. The second-order valence-electron chi connectivity index (χ2n) is 3.38. The predicted molar refractivity (Wildman–Crippen MR) is 64.3 cm³/mol. The molecule has 2 aromatic rings. The molecular weight excluding hydrogens is 216 g/mol. The van der Waals surface area contributed by atoms with Crippen molar-refractivity contribution in [1.29, 1.82) is 0 Å². The molecule has 0 aliphatic rings. The van der Waals surface area contributed by atoms with E-state index in [1.165, 1.54) is 7.11 Å². The molecule has 0 saturated carbocycles. The number of carbonyl (C=O) groups excluding carboxylic acids is 1. The van der Waals surface area contributed by atoms with Gasteiger partial charge in [-0.15, -0.1) is 0 Å². The van der Waals surface area contributed by atoms with Gasteiger partial charge in [-0.05, 0) is 0 Å². The number of imidazole rings is 1. The molecule has 17 heavy (non-hydrogen) atoms. The Labute approximate surface area is 99.0 Å². The summed E-state index contributed by atoms with van der Waals surface area (Å²) in [4.78, 5) is 19.0.